The molecule has 4 bridgehead atoms. The van der Waals surface area contributed by atoms with Crippen LogP contribution in [0.1, 0.15) is 45.4 Å². The zero-order valence-electron chi connectivity index (χ0n) is 13.8. The summed E-state index contributed by atoms with van der Waals surface area (Å²) in [5.74, 6) is 3.22. The molecule has 0 heterocycles. The Bertz CT molecular complexity index is 564. The number of carbonyl (C=O) groups excluding carboxylic acids is 1. The molecule has 4 aliphatic carbocycles. The van der Waals surface area contributed by atoms with Crippen molar-refractivity contribution in [1.82, 2.24) is 5.32 Å². The highest BCUT2D eigenvalue weighted by molar-refractivity contribution is 5.91. The second-order valence-corrected chi connectivity index (χ2v) is 7.71. The standard InChI is InChI=1S/C19H26N2O2/c1-2-23-17-6-4-3-5-16(17)20-18(22)21-19-10-13-7-14(11-19)9-15(8-13)12-19/h3-6,13-15H,2,7-12H2,1H3,(H2,20,21,22). The van der Waals surface area contributed by atoms with Crippen LogP contribution in [-0.2, 0) is 0 Å². The monoisotopic (exact) mass is 314 g/mol. The zero-order chi connectivity index (χ0) is 15.9. The Balaban J connectivity index is 1.44. The van der Waals surface area contributed by atoms with Crippen LogP contribution in [0.5, 0.6) is 5.75 Å². The molecule has 0 spiro atoms. The van der Waals surface area contributed by atoms with E-state index in [1.165, 1.54) is 38.5 Å². The number of para-hydroxylation sites is 2. The van der Waals surface area contributed by atoms with Gasteiger partial charge in [-0.3, -0.25) is 0 Å². The summed E-state index contributed by atoms with van der Waals surface area (Å²) in [4.78, 5) is 12.6. The number of urea groups is 1. The van der Waals surface area contributed by atoms with Crippen molar-refractivity contribution >= 4 is 11.7 Å². The van der Waals surface area contributed by atoms with Gasteiger partial charge in [-0.2, -0.15) is 0 Å². The number of carbonyl (C=O) groups is 1. The van der Waals surface area contributed by atoms with Crippen molar-refractivity contribution in [2.24, 2.45) is 17.8 Å². The Kier molecular flexibility index (Phi) is 3.70. The fourth-order valence-corrected chi connectivity index (χ4v) is 5.51. The molecule has 2 amide bonds. The molecule has 1 aromatic rings. The smallest absolute Gasteiger partial charge is 0.319 e. The number of benzene rings is 1. The van der Waals surface area contributed by atoms with E-state index in [4.69, 9.17) is 4.74 Å². The lowest BCUT2D eigenvalue weighted by Crippen LogP contribution is -2.60. The maximum Gasteiger partial charge on any atom is 0.319 e. The Morgan fingerprint density at radius 3 is 2.35 bits per heavy atom. The summed E-state index contributed by atoms with van der Waals surface area (Å²) in [6.45, 7) is 2.54. The molecule has 4 fully saturated rings. The van der Waals surface area contributed by atoms with Crippen LogP contribution in [0.3, 0.4) is 0 Å². The molecule has 124 valence electrons. The minimum absolute atomic E-state index is 0.0411. The first kappa shape index (κ1) is 14.9. The molecule has 4 saturated carbocycles. The zero-order valence-corrected chi connectivity index (χ0v) is 13.8. The van der Waals surface area contributed by atoms with Crippen LogP contribution < -0.4 is 15.4 Å². The quantitative estimate of drug-likeness (QED) is 0.876. The fraction of sp³-hybridized carbons (Fsp3) is 0.632. The van der Waals surface area contributed by atoms with Crippen molar-refractivity contribution in [2.75, 3.05) is 11.9 Å². The van der Waals surface area contributed by atoms with Crippen LogP contribution in [-0.4, -0.2) is 18.2 Å². The van der Waals surface area contributed by atoms with Crippen molar-refractivity contribution < 1.29 is 9.53 Å². The first-order valence-corrected chi connectivity index (χ1v) is 8.97. The molecule has 23 heavy (non-hydrogen) atoms. The highest BCUT2D eigenvalue weighted by Gasteiger charge is 2.51. The number of anilines is 1. The van der Waals surface area contributed by atoms with Crippen LogP contribution in [0, 0.1) is 17.8 Å². The third-order valence-electron chi connectivity index (χ3n) is 5.85. The molecule has 2 N–H and O–H groups in total. The first-order valence-electron chi connectivity index (χ1n) is 8.97. The van der Waals surface area contributed by atoms with Crippen LogP contribution in [0.2, 0.25) is 0 Å². The van der Waals surface area contributed by atoms with Crippen molar-refractivity contribution in [1.29, 1.82) is 0 Å². The van der Waals surface area contributed by atoms with E-state index in [9.17, 15) is 4.79 Å². The second-order valence-electron chi connectivity index (χ2n) is 7.71. The molecule has 4 aliphatic rings. The number of nitrogens with one attached hydrogen (secondary N) is 2. The highest BCUT2D eigenvalue weighted by Crippen LogP contribution is 2.55. The Morgan fingerprint density at radius 2 is 1.74 bits per heavy atom. The van der Waals surface area contributed by atoms with E-state index in [1.54, 1.807) is 0 Å². The van der Waals surface area contributed by atoms with Gasteiger partial charge in [-0.15, -0.1) is 0 Å². The molecule has 0 saturated heterocycles. The molecule has 5 rings (SSSR count). The van der Waals surface area contributed by atoms with Crippen molar-refractivity contribution in [3.63, 3.8) is 0 Å². The predicted molar refractivity (Wildman–Crippen MR) is 90.7 cm³/mol. The van der Waals surface area contributed by atoms with E-state index in [0.29, 0.717) is 6.61 Å². The highest BCUT2D eigenvalue weighted by atomic mass is 16.5. The lowest BCUT2D eigenvalue weighted by molar-refractivity contribution is -0.0127. The SMILES string of the molecule is CCOc1ccccc1NC(=O)NC12CC3CC(CC(C3)C1)C2. The van der Waals surface area contributed by atoms with Crippen LogP contribution in [0.25, 0.3) is 0 Å². The van der Waals surface area contributed by atoms with Gasteiger partial charge in [-0.1, -0.05) is 12.1 Å². The summed E-state index contributed by atoms with van der Waals surface area (Å²) in [6, 6.07) is 7.54. The van der Waals surface area contributed by atoms with Gasteiger partial charge >= 0.3 is 6.03 Å². The number of hydrogen-bond donors (Lipinski definition) is 2. The van der Waals surface area contributed by atoms with E-state index in [2.05, 4.69) is 10.6 Å². The molecular formula is C19H26N2O2. The summed E-state index contributed by atoms with van der Waals surface area (Å²) < 4.78 is 5.59. The van der Waals surface area contributed by atoms with Gasteiger partial charge in [0.15, 0.2) is 0 Å². The minimum atomic E-state index is -0.0842. The largest absolute Gasteiger partial charge is 0.492 e. The number of ether oxygens (including phenoxy) is 1. The average molecular weight is 314 g/mol. The van der Waals surface area contributed by atoms with E-state index < -0.39 is 0 Å². The van der Waals surface area contributed by atoms with Crippen LogP contribution in [0.4, 0.5) is 10.5 Å². The van der Waals surface area contributed by atoms with Gasteiger partial charge in [0.1, 0.15) is 5.75 Å². The molecule has 0 unspecified atom stereocenters. The molecule has 4 heteroatoms. The third kappa shape index (κ3) is 2.91. The molecule has 4 nitrogen and oxygen atoms in total. The maximum atomic E-state index is 12.6. The molecule has 1 aromatic carbocycles. The normalized spacial score (nSPS) is 34.2. The van der Waals surface area contributed by atoms with Crippen LogP contribution >= 0.6 is 0 Å². The lowest BCUT2D eigenvalue weighted by atomic mass is 9.53. The van der Waals surface area contributed by atoms with E-state index >= 15 is 0 Å². The van der Waals surface area contributed by atoms with Crippen molar-refractivity contribution in [2.45, 2.75) is 51.0 Å². The van der Waals surface area contributed by atoms with Gasteiger partial charge in [-0.05, 0) is 75.3 Å². The van der Waals surface area contributed by atoms with Gasteiger partial charge in [0, 0.05) is 5.54 Å². The van der Waals surface area contributed by atoms with Crippen LogP contribution in [0.15, 0.2) is 24.3 Å². The number of amides is 2. The fourth-order valence-electron chi connectivity index (χ4n) is 5.51. The molecule has 0 aromatic heterocycles. The molecule has 0 radical (unpaired) electrons. The van der Waals surface area contributed by atoms with E-state index in [1.807, 2.05) is 31.2 Å². The summed E-state index contributed by atoms with van der Waals surface area (Å²) >= 11 is 0. The van der Waals surface area contributed by atoms with Gasteiger partial charge in [0.2, 0.25) is 0 Å². The summed E-state index contributed by atoms with van der Waals surface area (Å²) in [5.41, 5.74) is 0.788. The molecule has 0 atom stereocenters. The predicted octanol–water partition coefficient (Wildman–Crippen LogP) is 4.18. The van der Waals surface area contributed by atoms with E-state index in [-0.39, 0.29) is 11.6 Å². The Labute approximate surface area is 138 Å². The van der Waals surface area contributed by atoms with E-state index in [0.717, 1.165) is 29.2 Å². The molecule has 0 aliphatic heterocycles. The molecular weight excluding hydrogens is 288 g/mol. The Hall–Kier alpha value is -1.71. The van der Waals surface area contributed by atoms with Gasteiger partial charge < -0.3 is 15.4 Å². The summed E-state index contributed by atoms with van der Waals surface area (Å²) in [6.07, 6.45) is 7.65. The third-order valence-corrected chi connectivity index (χ3v) is 5.85. The number of hydrogen-bond acceptors (Lipinski definition) is 2. The first-order chi connectivity index (χ1) is 11.2. The van der Waals surface area contributed by atoms with Gasteiger partial charge in [0.05, 0.1) is 12.3 Å². The van der Waals surface area contributed by atoms with Crippen molar-refractivity contribution in [3.05, 3.63) is 24.3 Å². The summed E-state index contributed by atoms with van der Waals surface area (Å²) in [7, 11) is 0. The topological polar surface area (TPSA) is 50.4 Å². The second kappa shape index (κ2) is 5.73. The number of rotatable bonds is 4. The van der Waals surface area contributed by atoms with Crippen molar-refractivity contribution in [3.8, 4) is 5.75 Å². The summed E-state index contributed by atoms with van der Waals surface area (Å²) in [5, 5.41) is 6.33. The Morgan fingerprint density at radius 1 is 1.13 bits per heavy atom. The lowest BCUT2D eigenvalue weighted by Gasteiger charge is -2.56. The average Bonchev–Trinajstić information content (AvgIpc) is 2.47. The maximum absolute atomic E-state index is 12.6. The minimum Gasteiger partial charge on any atom is -0.492 e. The van der Waals surface area contributed by atoms with Gasteiger partial charge in [0.25, 0.3) is 0 Å². The van der Waals surface area contributed by atoms with Gasteiger partial charge in [-0.25, -0.2) is 4.79 Å².